The van der Waals surface area contributed by atoms with E-state index in [0.29, 0.717) is 18.1 Å². The highest BCUT2D eigenvalue weighted by atomic mass is 16.7. The molecule has 1 aromatic rings. The Kier molecular flexibility index (Phi) is 8.71. The fraction of sp³-hybridized carbons (Fsp3) is 0.650. The first-order valence-electron chi connectivity index (χ1n) is 9.21. The van der Waals surface area contributed by atoms with Crippen LogP contribution in [0.3, 0.4) is 0 Å². The maximum Gasteiger partial charge on any atom is 0.309 e. The van der Waals surface area contributed by atoms with Gasteiger partial charge in [-0.2, -0.15) is 0 Å². The van der Waals surface area contributed by atoms with Crippen molar-refractivity contribution in [1.29, 1.82) is 0 Å². The Labute approximate surface area is 155 Å². The van der Waals surface area contributed by atoms with Gasteiger partial charge in [0.1, 0.15) is 0 Å². The lowest BCUT2D eigenvalue weighted by Gasteiger charge is -2.22. The average molecular weight is 366 g/mol. The Bertz CT molecular complexity index is 566. The van der Waals surface area contributed by atoms with Crippen LogP contribution >= 0.6 is 0 Å². The predicted molar refractivity (Wildman–Crippen MR) is 97.7 cm³/mol. The van der Waals surface area contributed by atoms with Gasteiger partial charge in [0, 0.05) is 13.2 Å². The van der Waals surface area contributed by atoms with Gasteiger partial charge in [0.15, 0.2) is 17.8 Å². The first kappa shape index (κ1) is 20.5. The first-order valence-corrected chi connectivity index (χ1v) is 9.21. The second-order valence-corrected chi connectivity index (χ2v) is 6.35. The topological polar surface area (TPSA) is 63.2 Å². The van der Waals surface area contributed by atoms with Gasteiger partial charge in [-0.15, -0.1) is 0 Å². The number of benzene rings is 1. The summed E-state index contributed by atoms with van der Waals surface area (Å²) in [6.07, 6.45) is 6.19. The van der Waals surface area contributed by atoms with E-state index in [9.17, 15) is 4.79 Å². The molecule has 0 spiro atoms. The summed E-state index contributed by atoms with van der Waals surface area (Å²) in [7, 11) is 4.59. The third-order valence-electron chi connectivity index (χ3n) is 4.55. The number of aryl methyl sites for hydroxylation is 1. The molecule has 2 rings (SSSR count). The van der Waals surface area contributed by atoms with Crippen LogP contribution in [0.4, 0.5) is 0 Å². The Morgan fingerprint density at radius 1 is 1.08 bits per heavy atom. The second kappa shape index (κ2) is 11.0. The van der Waals surface area contributed by atoms with Gasteiger partial charge in [0.2, 0.25) is 0 Å². The molecule has 0 aromatic heterocycles. The fourth-order valence-corrected chi connectivity index (χ4v) is 3.06. The van der Waals surface area contributed by atoms with Gasteiger partial charge in [0.05, 0.1) is 27.8 Å². The molecular weight excluding hydrogens is 336 g/mol. The van der Waals surface area contributed by atoms with Crippen molar-refractivity contribution in [2.75, 3.05) is 34.5 Å². The van der Waals surface area contributed by atoms with Gasteiger partial charge in [-0.3, -0.25) is 4.79 Å². The maximum absolute atomic E-state index is 11.7. The SMILES string of the molecule is COC(=O)Cc1cc(OC)c(OC)cc1CCCCOC1CCCCO1. The standard InChI is InChI=1S/C20H30O6/c1-22-17-12-15(16(13-18(17)23-2)14-19(21)24-3)8-4-6-10-25-20-9-5-7-11-26-20/h12-13,20H,4-11,14H2,1-3H3. The minimum atomic E-state index is -0.267. The van der Waals surface area contributed by atoms with E-state index in [1.165, 1.54) is 13.5 Å². The summed E-state index contributed by atoms with van der Waals surface area (Å²) in [4.78, 5) is 11.7. The monoisotopic (exact) mass is 366 g/mol. The Morgan fingerprint density at radius 2 is 1.81 bits per heavy atom. The third-order valence-corrected chi connectivity index (χ3v) is 4.55. The Balaban J connectivity index is 1.91. The summed E-state index contributed by atoms with van der Waals surface area (Å²) in [6.45, 7) is 1.48. The molecule has 146 valence electrons. The molecule has 0 saturated carbocycles. The van der Waals surface area contributed by atoms with E-state index in [-0.39, 0.29) is 18.7 Å². The summed E-state index contributed by atoms with van der Waals surface area (Å²) in [5.74, 6) is 1.02. The summed E-state index contributed by atoms with van der Waals surface area (Å²) >= 11 is 0. The van der Waals surface area contributed by atoms with E-state index in [2.05, 4.69) is 0 Å². The molecule has 0 N–H and O–H groups in total. The van der Waals surface area contributed by atoms with Crippen molar-refractivity contribution in [3.8, 4) is 11.5 Å². The van der Waals surface area contributed by atoms with Crippen molar-refractivity contribution in [2.45, 2.75) is 51.2 Å². The molecule has 1 fully saturated rings. The van der Waals surface area contributed by atoms with Crippen LogP contribution in [0.25, 0.3) is 0 Å². The highest BCUT2D eigenvalue weighted by Gasteiger charge is 2.15. The van der Waals surface area contributed by atoms with Gasteiger partial charge in [-0.05, 0) is 61.8 Å². The molecule has 6 nitrogen and oxygen atoms in total. The van der Waals surface area contributed by atoms with Crippen LogP contribution < -0.4 is 9.47 Å². The molecule has 0 bridgehead atoms. The molecule has 1 atom stereocenters. The molecule has 0 amide bonds. The lowest BCUT2D eigenvalue weighted by atomic mass is 9.98. The van der Waals surface area contributed by atoms with Gasteiger partial charge < -0.3 is 23.7 Å². The molecule has 0 radical (unpaired) electrons. The summed E-state index contributed by atoms with van der Waals surface area (Å²) in [6, 6.07) is 3.81. The number of carbonyl (C=O) groups excluding carboxylic acids is 1. The van der Waals surface area contributed by atoms with Crippen molar-refractivity contribution in [1.82, 2.24) is 0 Å². The fourth-order valence-electron chi connectivity index (χ4n) is 3.06. The lowest BCUT2D eigenvalue weighted by molar-refractivity contribution is -0.162. The highest BCUT2D eigenvalue weighted by Crippen LogP contribution is 2.31. The van der Waals surface area contributed by atoms with Crippen LogP contribution in [0.2, 0.25) is 0 Å². The number of carbonyl (C=O) groups is 1. The van der Waals surface area contributed by atoms with E-state index in [0.717, 1.165) is 49.8 Å². The number of ether oxygens (including phenoxy) is 5. The molecule has 0 aliphatic carbocycles. The van der Waals surface area contributed by atoms with Crippen LogP contribution in [0.15, 0.2) is 12.1 Å². The Morgan fingerprint density at radius 3 is 2.42 bits per heavy atom. The number of unbranched alkanes of at least 4 members (excludes halogenated alkanes) is 1. The number of rotatable bonds is 10. The van der Waals surface area contributed by atoms with Gasteiger partial charge in [-0.25, -0.2) is 0 Å². The number of esters is 1. The highest BCUT2D eigenvalue weighted by molar-refractivity contribution is 5.73. The van der Waals surface area contributed by atoms with Crippen molar-refractivity contribution in [3.63, 3.8) is 0 Å². The van der Waals surface area contributed by atoms with Gasteiger partial charge in [0.25, 0.3) is 0 Å². The largest absolute Gasteiger partial charge is 0.493 e. The minimum Gasteiger partial charge on any atom is -0.493 e. The molecule has 1 unspecified atom stereocenters. The molecule has 1 aliphatic rings. The van der Waals surface area contributed by atoms with Crippen molar-refractivity contribution >= 4 is 5.97 Å². The number of methoxy groups -OCH3 is 3. The first-order chi connectivity index (χ1) is 12.7. The van der Waals surface area contributed by atoms with E-state index in [1.807, 2.05) is 12.1 Å². The van der Waals surface area contributed by atoms with Crippen LogP contribution in [-0.4, -0.2) is 46.8 Å². The van der Waals surface area contributed by atoms with Crippen molar-refractivity contribution in [2.24, 2.45) is 0 Å². The van der Waals surface area contributed by atoms with E-state index in [4.69, 9.17) is 23.7 Å². The normalized spacial score (nSPS) is 17.0. The smallest absolute Gasteiger partial charge is 0.309 e. The van der Waals surface area contributed by atoms with Gasteiger partial charge in [-0.1, -0.05) is 0 Å². The third kappa shape index (κ3) is 6.18. The Hall–Kier alpha value is -1.79. The zero-order valence-electron chi connectivity index (χ0n) is 16.0. The molecule has 1 heterocycles. The maximum atomic E-state index is 11.7. The molecule has 1 saturated heterocycles. The summed E-state index contributed by atoms with van der Waals surface area (Å²) in [5, 5.41) is 0. The predicted octanol–water partition coefficient (Wildman–Crippen LogP) is 3.29. The molecule has 1 aliphatic heterocycles. The summed E-state index contributed by atoms with van der Waals surface area (Å²) < 4.78 is 26.9. The minimum absolute atomic E-state index is 0.0419. The van der Waals surface area contributed by atoms with E-state index in [1.54, 1.807) is 14.2 Å². The summed E-state index contributed by atoms with van der Waals surface area (Å²) in [5.41, 5.74) is 1.98. The van der Waals surface area contributed by atoms with Crippen LogP contribution in [0.5, 0.6) is 11.5 Å². The number of hydrogen-bond donors (Lipinski definition) is 0. The van der Waals surface area contributed by atoms with E-state index >= 15 is 0 Å². The van der Waals surface area contributed by atoms with Gasteiger partial charge >= 0.3 is 5.97 Å². The zero-order valence-corrected chi connectivity index (χ0v) is 16.0. The number of hydrogen-bond acceptors (Lipinski definition) is 6. The lowest BCUT2D eigenvalue weighted by Crippen LogP contribution is -2.22. The molecular formula is C20H30O6. The van der Waals surface area contributed by atoms with E-state index < -0.39 is 0 Å². The van der Waals surface area contributed by atoms with Crippen molar-refractivity contribution < 1.29 is 28.5 Å². The van der Waals surface area contributed by atoms with Crippen LogP contribution in [0, 0.1) is 0 Å². The van der Waals surface area contributed by atoms with Crippen molar-refractivity contribution in [3.05, 3.63) is 23.3 Å². The molecule has 1 aromatic carbocycles. The quantitative estimate of drug-likeness (QED) is 0.468. The molecule has 6 heteroatoms. The average Bonchev–Trinajstić information content (AvgIpc) is 2.68. The van der Waals surface area contributed by atoms with Crippen LogP contribution in [-0.2, 0) is 31.8 Å². The zero-order chi connectivity index (χ0) is 18.8. The second-order valence-electron chi connectivity index (χ2n) is 6.35. The molecule has 26 heavy (non-hydrogen) atoms. The van der Waals surface area contributed by atoms with Crippen LogP contribution in [0.1, 0.15) is 43.2 Å².